The molecule has 2 aromatic rings. The quantitative estimate of drug-likeness (QED) is 0.856. The molecule has 0 saturated heterocycles. The third-order valence-electron chi connectivity index (χ3n) is 3.29. The van der Waals surface area contributed by atoms with Gasteiger partial charge in [0, 0.05) is 18.1 Å². The zero-order valence-electron chi connectivity index (χ0n) is 11.3. The first-order valence-corrected chi connectivity index (χ1v) is 6.90. The molecular weight excluding hydrogens is 274 g/mol. The smallest absolute Gasteiger partial charge is 0.231 e. The number of benzene rings is 2. The number of hydrogen-bond acceptors (Lipinski definition) is 3. The minimum atomic E-state index is 0.314. The molecule has 0 spiro atoms. The molecule has 104 valence electrons. The average Bonchev–Trinajstić information content (AvgIpc) is 2.89. The first-order valence-electron chi connectivity index (χ1n) is 6.53. The average molecular weight is 290 g/mol. The van der Waals surface area contributed by atoms with Gasteiger partial charge in [-0.1, -0.05) is 35.9 Å². The molecule has 0 radical (unpaired) electrons. The SMILES string of the molecule is CN(Cc1ccc2c(c1)OCO2)Cc1ccccc1Cl. The summed E-state index contributed by atoms with van der Waals surface area (Å²) < 4.78 is 10.7. The van der Waals surface area contributed by atoms with Gasteiger partial charge < -0.3 is 9.47 Å². The van der Waals surface area contributed by atoms with Gasteiger partial charge in [0.05, 0.1) is 0 Å². The Kier molecular flexibility index (Phi) is 3.81. The summed E-state index contributed by atoms with van der Waals surface area (Å²) in [5.74, 6) is 1.65. The summed E-state index contributed by atoms with van der Waals surface area (Å²) in [5, 5.41) is 0.810. The van der Waals surface area contributed by atoms with Crippen LogP contribution in [0.3, 0.4) is 0 Å². The van der Waals surface area contributed by atoms with Gasteiger partial charge in [-0.2, -0.15) is 0 Å². The molecule has 4 heteroatoms. The Bertz CT molecular complexity index is 615. The van der Waals surface area contributed by atoms with E-state index in [0.717, 1.165) is 35.2 Å². The van der Waals surface area contributed by atoms with Gasteiger partial charge in [-0.15, -0.1) is 0 Å². The molecule has 1 aliphatic heterocycles. The largest absolute Gasteiger partial charge is 0.454 e. The minimum absolute atomic E-state index is 0.314. The highest BCUT2D eigenvalue weighted by Gasteiger charge is 2.14. The fraction of sp³-hybridized carbons (Fsp3) is 0.250. The fourth-order valence-corrected chi connectivity index (χ4v) is 2.52. The molecule has 0 saturated carbocycles. The third-order valence-corrected chi connectivity index (χ3v) is 3.66. The van der Waals surface area contributed by atoms with Crippen LogP contribution in [0.4, 0.5) is 0 Å². The number of ether oxygens (including phenoxy) is 2. The van der Waals surface area contributed by atoms with E-state index in [1.54, 1.807) is 0 Å². The fourth-order valence-electron chi connectivity index (χ4n) is 2.32. The molecule has 1 aliphatic rings. The lowest BCUT2D eigenvalue weighted by Crippen LogP contribution is -2.17. The summed E-state index contributed by atoms with van der Waals surface area (Å²) in [4.78, 5) is 2.22. The predicted octanol–water partition coefficient (Wildman–Crippen LogP) is 3.70. The van der Waals surface area contributed by atoms with Crippen molar-refractivity contribution in [3.63, 3.8) is 0 Å². The maximum Gasteiger partial charge on any atom is 0.231 e. The molecule has 0 N–H and O–H groups in total. The first-order chi connectivity index (χ1) is 9.72. The highest BCUT2D eigenvalue weighted by atomic mass is 35.5. The molecule has 3 nitrogen and oxygen atoms in total. The molecule has 2 aromatic carbocycles. The van der Waals surface area contributed by atoms with Gasteiger partial charge in [0.25, 0.3) is 0 Å². The van der Waals surface area contributed by atoms with E-state index in [-0.39, 0.29) is 0 Å². The van der Waals surface area contributed by atoms with E-state index in [1.165, 1.54) is 5.56 Å². The Labute approximate surface area is 123 Å². The van der Waals surface area contributed by atoms with Crippen LogP contribution in [-0.2, 0) is 13.1 Å². The van der Waals surface area contributed by atoms with Crippen molar-refractivity contribution in [1.29, 1.82) is 0 Å². The molecule has 0 bridgehead atoms. The minimum Gasteiger partial charge on any atom is -0.454 e. The maximum atomic E-state index is 6.18. The van der Waals surface area contributed by atoms with Gasteiger partial charge in [-0.3, -0.25) is 4.90 Å². The van der Waals surface area contributed by atoms with Crippen molar-refractivity contribution in [3.8, 4) is 11.5 Å². The van der Waals surface area contributed by atoms with Gasteiger partial charge in [0.2, 0.25) is 6.79 Å². The first kappa shape index (κ1) is 13.3. The Hall–Kier alpha value is -1.71. The van der Waals surface area contributed by atoms with Crippen molar-refractivity contribution in [1.82, 2.24) is 4.90 Å². The second kappa shape index (κ2) is 5.73. The lowest BCUT2D eigenvalue weighted by atomic mass is 10.1. The van der Waals surface area contributed by atoms with Crippen molar-refractivity contribution in [2.75, 3.05) is 13.8 Å². The van der Waals surface area contributed by atoms with Gasteiger partial charge in [0.15, 0.2) is 11.5 Å². The van der Waals surface area contributed by atoms with Gasteiger partial charge in [-0.05, 0) is 36.4 Å². The molecule has 0 atom stereocenters. The Morgan fingerprint density at radius 3 is 2.70 bits per heavy atom. The van der Waals surface area contributed by atoms with E-state index in [0.29, 0.717) is 6.79 Å². The van der Waals surface area contributed by atoms with Gasteiger partial charge in [-0.25, -0.2) is 0 Å². The molecule has 1 heterocycles. The van der Waals surface area contributed by atoms with Crippen molar-refractivity contribution in [2.45, 2.75) is 13.1 Å². The van der Waals surface area contributed by atoms with Crippen molar-refractivity contribution < 1.29 is 9.47 Å². The zero-order valence-corrected chi connectivity index (χ0v) is 12.1. The van der Waals surface area contributed by atoms with E-state index in [2.05, 4.69) is 24.1 Å². The molecule has 20 heavy (non-hydrogen) atoms. The zero-order chi connectivity index (χ0) is 13.9. The van der Waals surface area contributed by atoms with Gasteiger partial charge in [0.1, 0.15) is 0 Å². The molecule has 0 aliphatic carbocycles. The molecular formula is C16H16ClNO2. The number of fused-ring (bicyclic) bond motifs is 1. The highest BCUT2D eigenvalue weighted by molar-refractivity contribution is 6.31. The summed E-state index contributed by atoms with van der Waals surface area (Å²) >= 11 is 6.18. The summed E-state index contributed by atoms with van der Waals surface area (Å²) in [6, 6.07) is 14.0. The van der Waals surface area contributed by atoms with Crippen molar-refractivity contribution >= 4 is 11.6 Å². The monoisotopic (exact) mass is 289 g/mol. The van der Waals surface area contributed by atoms with E-state index in [1.807, 2.05) is 30.3 Å². The Balaban J connectivity index is 1.67. The van der Waals surface area contributed by atoms with E-state index in [9.17, 15) is 0 Å². The second-order valence-electron chi connectivity index (χ2n) is 4.95. The third kappa shape index (κ3) is 2.89. The van der Waals surface area contributed by atoms with Crippen LogP contribution in [-0.4, -0.2) is 18.7 Å². The summed E-state index contributed by atoms with van der Waals surface area (Å²) in [6.07, 6.45) is 0. The van der Waals surface area contributed by atoms with Crippen LogP contribution in [0, 0.1) is 0 Å². The van der Waals surface area contributed by atoms with Crippen LogP contribution in [0.15, 0.2) is 42.5 Å². The number of halogens is 1. The van der Waals surface area contributed by atoms with Crippen LogP contribution in [0.2, 0.25) is 5.02 Å². The maximum absolute atomic E-state index is 6.18. The molecule has 0 fully saturated rings. The van der Waals surface area contributed by atoms with Crippen molar-refractivity contribution in [2.24, 2.45) is 0 Å². The number of nitrogens with zero attached hydrogens (tertiary/aromatic N) is 1. The Morgan fingerprint density at radius 1 is 1.05 bits per heavy atom. The second-order valence-corrected chi connectivity index (χ2v) is 5.36. The normalized spacial score (nSPS) is 12.9. The van der Waals surface area contributed by atoms with Gasteiger partial charge >= 0.3 is 0 Å². The number of rotatable bonds is 4. The summed E-state index contributed by atoms with van der Waals surface area (Å²) in [6.45, 7) is 1.96. The van der Waals surface area contributed by atoms with Crippen LogP contribution in [0.1, 0.15) is 11.1 Å². The van der Waals surface area contributed by atoms with E-state index < -0.39 is 0 Å². The molecule has 0 amide bonds. The Morgan fingerprint density at radius 2 is 1.85 bits per heavy atom. The summed E-state index contributed by atoms with van der Waals surface area (Å²) in [5.41, 5.74) is 2.33. The molecule has 0 aromatic heterocycles. The predicted molar refractivity (Wildman–Crippen MR) is 79.2 cm³/mol. The summed E-state index contributed by atoms with van der Waals surface area (Å²) in [7, 11) is 2.08. The van der Waals surface area contributed by atoms with Crippen molar-refractivity contribution in [3.05, 3.63) is 58.6 Å². The standard InChI is InChI=1S/C16H16ClNO2/c1-18(10-13-4-2-3-5-14(13)17)9-12-6-7-15-16(8-12)20-11-19-15/h2-8H,9-11H2,1H3. The van der Waals surface area contributed by atoms with E-state index in [4.69, 9.17) is 21.1 Å². The molecule has 3 rings (SSSR count). The lowest BCUT2D eigenvalue weighted by Gasteiger charge is -2.17. The van der Waals surface area contributed by atoms with Crippen LogP contribution in [0.25, 0.3) is 0 Å². The van der Waals surface area contributed by atoms with E-state index >= 15 is 0 Å². The lowest BCUT2D eigenvalue weighted by molar-refractivity contribution is 0.174. The highest BCUT2D eigenvalue weighted by Crippen LogP contribution is 2.32. The number of hydrogen-bond donors (Lipinski definition) is 0. The van der Waals surface area contributed by atoms with Crippen LogP contribution >= 0.6 is 11.6 Å². The van der Waals surface area contributed by atoms with Crippen LogP contribution in [0.5, 0.6) is 11.5 Å². The topological polar surface area (TPSA) is 21.7 Å². The molecule has 0 unspecified atom stereocenters. The van der Waals surface area contributed by atoms with Crippen LogP contribution < -0.4 is 9.47 Å².